The molecule has 0 saturated heterocycles. The van der Waals surface area contributed by atoms with Crippen LogP contribution in [-0.4, -0.2) is 42.1 Å². The van der Waals surface area contributed by atoms with Gasteiger partial charge in [-0.2, -0.15) is 0 Å². The highest BCUT2D eigenvalue weighted by molar-refractivity contribution is 5.87. The minimum Gasteiger partial charge on any atom is -0.481 e. The minimum atomic E-state index is -0.637. The van der Waals surface area contributed by atoms with Crippen molar-refractivity contribution < 1.29 is 24.3 Å². The topological polar surface area (TPSA) is 97.2 Å². The van der Waals surface area contributed by atoms with Crippen molar-refractivity contribution in [1.29, 1.82) is 0 Å². The van der Waals surface area contributed by atoms with E-state index in [1.807, 2.05) is 6.92 Å². The number of aliphatic carboxylic acids is 1. The molecule has 6 saturated carbocycles. The molecule has 6 fully saturated rings. The van der Waals surface area contributed by atoms with Gasteiger partial charge in [0.15, 0.2) is 0 Å². The molecular formula is C34H54N2O5. The first-order chi connectivity index (χ1) is 19.2. The van der Waals surface area contributed by atoms with Crippen LogP contribution in [0.25, 0.3) is 0 Å². The van der Waals surface area contributed by atoms with Crippen LogP contribution < -0.4 is 5.32 Å². The summed E-state index contributed by atoms with van der Waals surface area (Å²) in [5.74, 6) is 1.16. The molecule has 0 radical (unpaired) electrons. The Hall–Kier alpha value is -1.79. The van der Waals surface area contributed by atoms with Gasteiger partial charge < -0.3 is 20.0 Å². The highest BCUT2D eigenvalue weighted by Crippen LogP contribution is 2.77. The summed E-state index contributed by atoms with van der Waals surface area (Å²) in [7, 11) is 1.60. The Balaban J connectivity index is 1.30. The Morgan fingerprint density at radius 3 is 2.22 bits per heavy atom. The van der Waals surface area contributed by atoms with Gasteiger partial charge >= 0.3 is 12.1 Å². The minimum absolute atomic E-state index is 0.0521. The van der Waals surface area contributed by atoms with Crippen molar-refractivity contribution in [3.05, 3.63) is 0 Å². The molecule has 0 aliphatic heterocycles. The summed E-state index contributed by atoms with van der Waals surface area (Å²) < 4.78 is 6.13. The molecule has 6 aliphatic rings. The molecule has 2 N–H and O–H groups in total. The van der Waals surface area contributed by atoms with Crippen LogP contribution in [0.15, 0.2) is 5.16 Å². The number of fused-ring (bicyclic) bond motifs is 7. The molecule has 0 aromatic heterocycles. The molecule has 0 aromatic carbocycles. The van der Waals surface area contributed by atoms with Crippen LogP contribution in [0.1, 0.15) is 119 Å². The van der Waals surface area contributed by atoms with Gasteiger partial charge in [0.05, 0.1) is 11.1 Å². The zero-order valence-corrected chi connectivity index (χ0v) is 26.6. The second-order valence-corrected chi connectivity index (χ2v) is 16.4. The van der Waals surface area contributed by atoms with E-state index in [9.17, 15) is 14.7 Å². The van der Waals surface area contributed by atoms with Crippen molar-refractivity contribution in [3.8, 4) is 0 Å². The number of alkyl carbamates (subject to hydrolysis) is 1. The van der Waals surface area contributed by atoms with Crippen LogP contribution in [0.3, 0.4) is 0 Å². The van der Waals surface area contributed by atoms with E-state index in [-0.39, 0.29) is 45.7 Å². The number of hydrogen-bond acceptors (Lipinski definition) is 5. The van der Waals surface area contributed by atoms with Crippen LogP contribution in [0, 0.1) is 56.7 Å². The second-order valence-electron chi connectivity index (χ2n) is 16.4. The monoisotopic (exact) mass is 570 g/mol. The summed E-state index contributed by atoms with van der Waals surface area (Å²) in [6, 6.07) is 0.310. The molecule has 10 atom stereocenters. The standard InChI is InChI=1S/C34H54N2O5/c1-20(36-40-7)22-12-17-34(28(37)38)19-18-32(5)23(27(22)34)10-11-25-31(4)15-14-26(41-29(39)35-21-8-9-21)30(2,3)24(31)13-16-33(25,32)6/h21-27H,8-19H2,1-7H3,(H,35,39)(H,37,38)/b36-20-/t22-,23+,24-,25+,26+,27+,31-,32+,33+,34-/m0/s1. The Morgan fingerprint density at radius 1 is 0.829 bits per heavy atom. The van der Waals surface area contributed by atoms with Gasteiger partial charge in [0.1, 0.15) is 13.2 Å². The van der Waals surface area contributed by atoms with Gasteiger partial charge in [-0.25, -0.2) is 4.79 Å². The lowest BCUT2D eigenvalue weighted by Gasteiger charge is -2.72. The fraction of sp³-hybridized carbons (Fsp3) is 0.912. The average molecular weight is 571 g/mol. The summed E-state index contributed by atoms with van der Waals surface area (Å²) >= 11 is 0. The number of hydrogen-bond donors (Lipinski definition) is 2. The van der Waals surface area contributed by atoms with E-state index in [1.165, 1.54) is 0 Å². The van der Waals surface area contributed by atoms with Gasteiger partial charge in [-0.05, 0) is 124 Å². The molecule has 0 spiro atoms. The smallest absolute Gasteiger partial charge is 0.407 e. The maximum atomic E-state index is 13.0. The summed E-state index contributed by atoms with van der Waals surface area (Å²) in [6.07, 6.45) is 11.9. The predicted octanol–water partition coefficient (Wildman–Crippen LogP) is 7.43. The first-order valence-corrected chi connectivity index (χ1v) is 16.5. The van der Waals surface area contributed by atoms with Crippen molar-refractivity contribution in [2.75, 3.05) is 7.11 Å². The van der Waals surface area contributed by atoms with Crippen molar-refractivity contribution in [3.63, 3.8) is 0 Å². The fourth-order valence-electron chi connectivity index (χ4n) is 12.4. The summed E-state index contributed by atoms with van der Waals surface area (Å²) in [5, 5.41) is 18.1. The maximum absolute atomic E-state index is 13.0. The van der Waals surface area contributed by atoms with Crippen LogP contribution in [0.5, 0.6) is 0 Å². The second kappa shape index (κ2) is 9.61. The van der Waals surface area contributed by atoms with Gasteiger partial charge in [0.2, 0.25) is 0 Å². The lowest BCUT2D eigenvalue weighted by Crippen LogP contribution is -2.67. The molecule has 41 heavy (non-hydrogen) atoms. The molecule has 6 aliphatic carbocycles. The number of rotatable bonds is 5. The SMILES string of the molecule is CO/N=C(/C)[C@@H]1CC[C@]2(C(=O)O)CC[C@]3(C)[C@H](CC[C@@H]4[C@@]5(C)CC[C@@H](OC(=O)NC6CC6)C(C)(C)[C@@H]5CC[C@]43C)[C@@H]12. The third-order valence-electron chi connectivity index (χ3n) is 14.7. The van der Waals surface area contributed by atoms with Crippen molar-refractivity contribution in [2.45, 2.75) is 131 Å². The quantitative estimate of drug-likeness (QED) is 0.265. The number of oxime groups is 1. The predicted molar refractivity (Wildman–Crippen MR) is 158 cm³/mol. The number of amides is 1. The summed E-state index contributed by atoms with van der Waals surface area (Å²) in [4.78, 5) is 30.9. The Morgan fingerprint density at radius 2 is 1.56 bits per heavy atom. The number of nitrogens with zero attached hydrogens (tertiary/aromatic N) is 1. The first-order valence-electron chi connectivity index (χ1n) is 16.5. The molecule has 1 amide bonds. The van der Waals surface area contributed by atoms with Crippen LogP contribution in [-0.2, 0) is 14.4 Å². The first kappa shape index (κ1) is 29.3. The van der Waals surface area contributed by atoms with E-state index in [2.05, 4.69) is 45.1 Å². The van der Waals surface area contributed by atoms with Gasteiger partial charge in [-0.15, -0.1) is 0 Å². The highest BCUT2D eigenvalue weighted by Gasteiger charge is 2.72. The Kier molecular flexibility index (Phi) is 6.86. The molecule has 0 unspecified atom stereocenters. The lowest BCUT2D eigenvalue weighted by molar-refractivity contribution is -0.247. The van der Waals surface area contributed by atoms with Crippen molar-refractivity contribution in [2.24, 2.45) is 61.8 Å². The number of nitrogens with one attached hydrogen (secondary N) is 1. The van der Waals surface area contributed by atoms with E-state index in [0.717, 1.165) is 82.8 Å². The molecule has 7 heteroatoms. The summed E-state index contributed by atoms with van der Waals surface area (Å²) in [5.41, 5.74) is 0.674. The van der Waals surface area contributed by atoms with E-state index in [1.54, 1.807) is 7.11 Å². The molecule has 0 heterocycles. The maximum Gasteiger partial charge on any atom is 0.407 e. The van der Waals surface area contributed by atoms with Gasteiger partial charge in [-0.1, -0.05) is 39.8 Å². The van der Waals surface area contributed by atoms with E-state index >= 15 is 0 Å². The molecule has 230 valence electrons. The lowest BCUT2D eigenvalue weighted by atomic mass is 9.32. The third kappa shape index (κ3) is 4.05. The third-order valence-corrected chi connectivity index (χ3v) is 14.7. The van der Waals surface area contributed by atoms with E-state index in [4.69, 9.17) is 9.57 Å². The summed E-state index contributed by atoms with van der Waals surface area (Å²) in [6.45, 7) is 14.4. The van der Waals surface area contributed by atoms with E-state index in [0.29, 0.717) is 23.8 Å². The van der Waals surface area contributed by atoms with Crippen molar-refractivity contribution >= 4 is 17.8 Å². The number of carbonyl (C=O) groups is 2. The molecular weight excluding hydrogens is 516 g/mol. The van der Waals surface area contributed by atoms with Gasteiger partial charge in [0, 0.05) is 17.4 Å². The Labute approximate surface area is 246 Å². The zero-order valence-electron chi connectivity index (χ0n) is 26.6. The number of carbonyl (C=O) groups excluding carboxylic acids is 1. The molecule has 0 aromatic rings. The normalized spacial score (nSPS) is 48.6. The van der Waals surface area contributed by atoms with Crippen LogP contribution in [0.2, 0.25) is 0 Å². The number of ether oxygens (including phenoxy) is 1. The Bertz CT molecular complexity index is 1120. The number of carboxylic acids is 1. The fourth-order valence-corrected chi connectivity index (χ4v) is 12.4. The largest absolute Gasteiger partial charge is 0.481 e. The van der Waals surface area contributed by atoms with Gasteiger partial charge in [0.25, 0.3) is 0 Å². The van der Waals surface area contributed by atoms with E-state index < -0.39 is 11.4 Å². The van der Waals surface area contributed by atoms with Crippen LogP contribution in [0.4, 0.5) is 4.79 Å². The van der Waals surface area contributed by atoms with Gasteiger partial charge in [-0.3, -0.25) is 4.79 Å². The van der Waals surface area contributed by atoms with Crippen molar-refractivity contribution in [1.82, 2.24) is 5.32 Å². The molecule has 0 bridgehead atoms. The highest BCUT2D eigenvalue weighted by atomic mass is 16.6. The molecule has 7 nitrogen and oxygen atoms in total. The zero-order chi connectivity index (χ0) is 29.6. The molecule has 6 rings (SSSR count). The van der Waals surface area contributed by atoms with Crippen LogP contribution >= 0.6 is 0 Å². The average Bonchev–Trinajstić information content (AvgIpc) is 3.61. The number of carboxylic acid groups (broad SMARTS) is 1.